The maximum absolute atomic E-state index is 12.5. The smallest absolute Gasteiger partial charge is 0.324 e. The van der Waals surface area contributed by atoms with Gasteiger partial charge in [-0.15, -0.1) is 0 Å². The van der Waals surface area contributed by atoms with Crippen LogP contribution in [0.15, 0.2) is 59.1 Å². The van der Waals surface area contributed by atoms with Crippen LogP contribution in [-0.4, -0.2) is 22.9 Å². The van der Waals surface area contributed by atoms with E-state index in [1.54, 1.807) is 11.8 Å². The average Bonchev–Trinajstić information content (AvgIpc) is 3.08. The van der Waals surface area contributed by atoms with Crippen LogP contribution in [0.25, 0.3) is 5.69 Å². The maximum atomic E-state index is 12.5. The molecule has 0 aliphatic heterocycles. The van der Waals surface area contributed by atoms with Crippen LogP contribution in [0.5, 0.6) is 5.75 Å². The molecule has 0 radical (unpaired) electrons. The molecular weight excluding hydrogens is 432 g/mol. The molecule has 1 heterocycles. The molecule has 0 aliphatic carbocycles. The summed E-state index contributed by atoms with van der Waals surface area (Å²) in [7, 11) is 1.63. The second-order valence-electron chi connectivity index (χ2n) is 7.36. The summed E-state index contributed by atoms with van der Waals surface area (Å²) in [6.45, 7) is 6.25. The van der Waals surface area contributed by atoms with Crippen LogP contribution in [0.4, 0.5) is 16.3 Å². The zero-order valence-electron chi connectivity index (χ0n) is 16.3. The van der Waals surface area contributed by atoms with Crippen LogP contribution in [0.1, 0.15) is 33.9 Å². The van der Waals surface area contributed by atoms with E-state index in [1.807, 2.05) is 54.6 Å². The number of benzene rings is 2. The van der Waals surface area contributed by atoms with Crippen LogP contribution in [0, 0.1) is 0 Å². The minimum absolute atomic E-state index is 0. The summed E-state index contributed by atoms with van der Waals surface area (Å²) in [4.78, 5) is 12.5. The van der Waals surface area contributed by atoms with Crippen LogP contribution in [0.3, 0.4) is 0 Å². The minimum Gasteiger partial charge on any atom is -0.497 e. The molecule has 3 aromatic rings. The van der Waals surface area contributed by atoms with Crippen molar-refractivity contribution in [1.29, 1.82) is 0 Å². The SMILES string of the molecule is C.COc1ccc(-n2nc(C(C)(C)C)cc2NC(=O)Nc2ccc(Br)cc2)cc1. The van der Waals surface area contributed by atoms with Gasteiger partial charge in [-0.3, -0.25) is 5.32 Å². The van der Waals surface area contributed by atoms with Gasteiger partial charge in [0.25, 0.3) is 0 Å². The molecule has 1 aromatic heterocycles. The molecule has 0 bridgehead atoms. The lowest BCUT2D eigenvalue weighted by molar-refractivity contribution is 0.262. The van der Waals surface area contributed by atoms with E-state index < -0.39 is 0 Å². The highest BCUT2D eigenvalue weighted by Gasteiger charge is 2.21. The molecule has 3 rings (SSSR count). The number of carbonyl (C=O) groups is 1. The average molecular weight is 459 g/mol. The van der Waals surface area contributed by atoms with Crippen molar-refractivity contribution in [3.05, 3.63) is 64.8 Å². The van der Waals surface area contributed by atoms with E-state index in [2.05, 4.69) is 47.3 Å². The Hall–Kier alpha value is -2.80. The van der Waals surface area contributed by atoms with Crippen molar-refractivity contribution in [3.63, 3.8) is 0 Å². The van der Waals surface area contributed by atoms with Crippen LogP contribution >= 0.6 is 15.9 Å². The van der Waals surface area contributed by atoms with Gasteiger partial charge in [-0.25, -0.2) is 9.48 Å². The second-order valence-corrected chi connectivity index (χ2v) is 8.28. The standard InChI is InChI=1S/C21H23BrN4O2.CH4/c1-21(2,3)18-13-19(24-20(27)23-15-7-5-14(22)6-8-15)26(25-18)16-9-11-17(28-4)12-10-16;/h5-13H,1-4H3,(H2,23,24,27);1H4. The Morgan fingerprint density at radius 1 is 1.03 bits per heavy atom. The molecule has 2 N–H and O–H groups in total. The van der Waals surface area contributed by atoms with Gasteiger partial charge in [0.2, 0.25) is 0 Å². The molecular formula is C22H27BrN4O2. The number of nitrogens with zero attached hydrogens (tertiary/aromatic N) is 2. The molecule has 0 spiro atoms. The molecule has 0 aliphatic rings. The zero-order chi connectivity index (χ0) is 20.3. The lowest BCUT2D eigenvalue weighted by Crippen LogP contribution is -2.21. The number of methoxy groups -OCH3 is 1. The van der Waals surface area contributed by atoms with E-state index in [-0.39, 0.29) is 18.9 Å². The molecule has 0 unspecified atom stereocenters. The maximum Gasteiger partial charge on any atom is 0.324 e. The van der Waals surface area contributed by atoms with Gasteiger partial charge >= 0.3 is 6.03 Å². The predicted molar refractivity (Wildman–Crippen MR) is 122 cm³/mol. The minimum atomic E-state index is -0.336. The van der Waals surface area contributed by atoms with Crippen molar-refractivity contribution >= 4 is 33.5 Å². The number of aromatic nitrogens is 2. The van der Waals surface area contributed by atoms with Crippen molar-refractivity contribution in [2.75, 3.05) is 17.7 Å². The monoisotopic (exact) mass is 458 g/mol. The number of carbonyl (C=O) groups excluding carboxylic acids is 1. The first-order valence-corrected chi connectivity index (χ1v) is 9.64. The van der Waals surface area contributed by atoms with E-state index in [0.29, 0.717) is 11.5 Å². The first kappa shape index (κ1) is 22.5. The number of amides is 2. The van der Waals surface area contributed by atoms with Crippen molar-refractivity contribution in [1.82, 2.24) is 9.78 Å². The third-order valence-corrected chi connectivity index (χ3v) is 4.67. The molecule has 0 fully saturated rings. The highest BCUT2D eigenvalue weighted by Crippen LogP contribution is 2.27. The van der Waals surface area contributed by atoms with Crippen molar-refractivity contribution < 1.29 is 9.53 Å². The molecule has 0 atom stereocenters. The van der Waals surface area contributed by atoms with E-state index in [0.717, 1.165) is 21.6 Å². The van der Waals surface area contributed by atoms with Crippen LogP contribution in [-0.2, 0) is 5.41 Å². The van der Waals surface area contributed by atoms with Gasteiger partial charge in [0.1, 0.15) is 11.6 Å². The Kier molecular flexibility index (Phi) is 7.08. The van der Waals surface area contributed by atoms with Crippen molar-refractivity contribution in [3.8, 4) is 11.4 Å². The Labute approximate surface area is 180 Å². The summed E-state index contributed by atoms with van der Waals surface area (Å²) in [6, 6.07) is 16.5. The summed E-state index contributed by atoms with van der Waals surface area (Å²) in [5, 5.41) is 10.4. The Balaban J connectivity index is 0.00000300. The summed E-state index contributed by atoms with van der Waals surface area (Å²) in [5.41, 5.74) is 2.25. The van der Waals surface area contributed by atoms with Gasteiger partial charge in [0.15, 0.2) is 0 Å². The first-order chi connectivity index (χ1) is 13.3. The fourth-order valence-corrected chi connectivity index (χ4v) is 2.83. The topological polar surface area (TPSA) is 68.2 Å². The second kappa shape index (κ2) is 9.13. The molecule has 6 nitrogen and oxygen atoms in total. The largest absolute Gasteiger partial charge is 0.497 e. The number of hydrogen-bond donors (Lipinski definition) is 2. The van der Waals surface area contributed by atoms with E-state index in [9.17, 15) is 4.79 Å². The number of rotatable bonds is 4. The van der Waals surface area contributed by atoms with Crippen LogP contribution < -0.4 is 15.4 Å². The van der Waals surface area contributed by atoms with Crippen LogP contribution in [0.2, 0.25) is 0 Å². The fourth-order valence-electron chi connectivity index (χ4n) is 2.57. The van der Waals surface area contributed by atoms with Crippen molar-refractivity contribution in [2.45, 2.75) is 33.6 Å². The third-order valence-electron chi connectivity index (χ3n) is 4.14. The third kappa shape index (κ3) is 5.60. The lowest BCUT2D eigenvalue weighted by Gasteiger charge is -2.14. The van der Waals surface area contributed by atoms with Gasteiger partial charge in [0.05, 0.1) is 18.5 Å². The van der Waals surface area contributed by atoms with Gasteiger partial charge in [0, 0.05) is 21.6 Å². The van der Waals surface area contributed by atoms with E-state index in [4.69, 9.17) is 9.84 Å². The fraction of sp³-hybridized carbons (Fsp3) is 0.273. The van der Waals surface area contributed by atoms with E-state index in [1.165, 1.54) is 0 Å². The van der Waals surface area contributed by atoms with Gasteiger partial charge in [-0.2, -0.15) is 5.10 Å². The Morgan fingerprint density at radius 2 is 1.66 bits per heavy atom. The number of halogens is 1. The summed E-state index contributed by atoms with van der Waals surface area (Å²) in [5.74, 6) is 1.35. The summed E-state index contributed by atoms with van der Waals surface area (Å²) >= 11 is 3.38. The lowest BCUT2D eigenvalue weighted by atomic mass is 9.92. The molecule has 154 valence electrons. The molecule has 7 heteroatoms. The molecule has 0 saturated carbocycles. The first-order valence-electron chi connectivity index (χ1n) is 8.85. The Morgan fingerprint density at radius 3 is 2.21 bits per heavy atom. The van der Waals surface area contributed by atoms with Crippen molar-refractivity contribution in [2.24, 2.45) is 0 Å². The molecule has 0 saturated heterocycles. The predicted octanol–water partition coefficient (Wildman–Crippen LogP) is 6.22. The molecule has 2 amide bonds. The highest BCUT2D eigenvalue weighted by atomic mass is 79.9. The van der Waals surface area contributed by atoms with Gasteiger partial charge in [-0.05, 0) is 48.5 Å². The summed E-state index contributed by atoms with van der Waals surface area (Å²) in [6.07, 6.45) is 0. The molecule has 29 heavy (non-hydrogen) atoms. The number of urea groups is 1. The number of anilines is 2. The Bertz CT molecular complexity index is 958. The van der Waals surface area contributed by atoms with E-state index >= 15 is 0 Å². The number of ether oxygens (including phenoxy) is 1. The normalized spacial score (nSPS) is 10.8. The highest BCUT2D eigenvalue weighted by molar-refractivity contribution is 9.10. The van der Waals surface area contributed by atoms with Gasteiger partial charge in [-0.1, -0.05) is 44.1 Å². The molecule has 2 aromatic carbocycles. The van der Waals surface area contributed by atoms with Gasteiger partial charge < -0.3 is 10.1 Å². The quantitative estimate of drug-likeness (QED) is 0.487. The zero-order valence-corrected chi connectivity index (χ0v) is 17.9. The summed E-state index contributed by atoms with van der Waals surface area (Å²) < 4.78 is 7.89. The number of hydrogen-bond acceptors (Lipinski definition) is 3. The number of nitrogens with one attached hydrogen (secondary N) is 2.